The fraction of sp³-hybridized carbons (Fsp3) is 0.400. The Kier molecular flexibility index (Phi) is 4.62. The van der Waals surface area contributed by atoms with Crippen LogP contribution in [0.3, 0.4) is 0 Å². The summed E-state index contributed by atoms with van der Waals surface area (Å²) < 4.78 is 0. The van der Waals surface area contributed by atoms with E-state index in [1.54, 1.807) is 10.8 Å². The van der Waals surface area contributed by atoms with Crippen molar-refractivity contribution < 1.29 is 0 Å². The molecule has 0 atom stereocenters. The molecule has 66 valence electrons. The van der Waals surface area contributed by atoms with Crippen LogP contribution >= 0.6 is 22.5 Å². The van der Waals surface area contributed by atoms with Gasteiger partial charge in [0.25, 0.3) is 0 Å². The summed E-state index contributed by atoms with van der Waals surface area (Å²) in [5.74, 6) is 1.09. The zero-order valence-corrected chi connectivity index (χ0v) is 9.00. The second-order valence-corrected chi connectivity index (χ2v) is 4.19. The van der Waals surface area contributed by atoms with Crippen LogP contribution in [0.15, 0.2) is 24.3 Å². The molecule has 1 aromatic carbocycles. The van der Waals surface area contributed by atoms with Crippen LogP contribution in [0.1, 0.15) is 18.1 Å². The minimum absolute atomic E-state index is 1.09. The molecule has 0 amide bonds. The Bertz CT molecular complexity index is 216. The average molecular weight is 198 g/mol. The SMILES string of the molecule is CCc1ccc(CCSS)cc1. The van der Waals surface area contributed by atoms with Crippen LogP contribution in [0.5, 0.6) is 0 Å². The highest BCUT2D eigenvalue weighted by Crippen LogP contribution is 2.10. The van der Waals surface area contributed by atoms with Crippen LogP contribution in [-0.2, 0) is 12.8 Å². The van der Waals surface area contributed by atoms with Crippen molar-refractivity contribution >= 4 is 22.5 Å². The smallest absolute Gasteiger partial charge is 0.00750 e. The molecule has 0 radical (unpaired) electrons. The van der Waals surface area contributed by atoms with Gasteiger partial charge in [0.2, 0.25) is 0 Å². The van der Waals surface area contributed by atoms with Crippen LogP contribution < -0.4 is 0 Å². The summed E-state index contributed by atoms with van der Waals surface area (Å²) in [4.78, 5) is 0. The quantitative estimate of drug-likeness (QED) is 0.572. The highest BCUT2D eigenvalue weighted by atomic mass is 33.1. The highest BCUT2D eigenvalue weighted by molar-refractivity contribution is 8.68. The molecule has 0 heterocycles. The molecular weight excluding hydrogens is 184 g/mol. The summed E-state index contributed by atoms with van der Waals surface area (Å²) in [5.41, 5.74) is 2.83. The topological polar surface area (TPSA) is 0 Å². The van der Waals surface area contributed by atoms with Crippen molar-refractivity contribution in [2.45, 2.75) is 19.8 Å². The van der Waals surface area contributed by atoms with Gasteiger partial charge >= 0.3 is 0 Å². The van der Waals surface area contributed by atoms with Gasteiger partial charge in [-0.25, -0.2) is 0 Å². The summed E-state index contributed by atoms with van der Waals surface area (Å²) in [6, 6.07) is 8.84. The van der Waals surface area contributed by atoms with Crippen LogP contribution in [0.2, 0.25) is 0 Å². The molecule has 0 spiro atoms. The van der Waals surface area contributed by atoms with Crippen molar-refractivity contribution in [3.63, 3.8) is 0 Å². The van der Waals surface area contributed by atoms with E-state index in [2.05, 4.69) is 42.9 Å². The largest absolute Gasteiger partial charge is 0.111 e. The van der Waals surface area contributed by atoms with Gasteiger partial charge in [-0.2, -0.15) is 0 Å². The standard InChI is InChI=1S/C10H14S2/c1-2-9-3-5-10(6-4-9)7-8-12-11/h3-6,11H,2,7-8H2,1H3. The van der Waals surface area contributed by atoms with Gasteiger partial charge in [0.1, 0.15) is 0 Å². The number of thiol groups is 1. The molecule has 0 nitrogen and oxygen atoms in total. The van der Waals surface area contributed by atoms with E-state index in [-0.39, 0.29) is 0 Å². The molecule has 0 aliphatic rings. The fourth-order valence-electron chi connectivity index (χ4n) is 1.11. The molecule has 0 bridgehead atoms. The van der Waals surface area contributed by atoms with E-state index in [4.69, 9.17) is 0 Å². The third-order valence-corrected chi connectivity index (χ3v) is 2.85. The van der Waals surface area contributed by atoms with Gasteiger partial charge in [0.15, 0.2) is 0 Å². The molecule has 0 aromatic heterocycles. The van der Waals surface area contributed by atoms with E-state index in [1.807, 2.05) is 0 Å². The summed E-state index contributed by atoms with van der Waals surface area (Å²) in [7, 11) is 1.60. The van der Waals surface area contributed by atoms with Crippen LogP contribution in [-0.4, -0.2) is 5.75 Å². The maximum atomic E-state index is 4.11. The van der Waals surface area contributed by atoms with E-state index in [9.17, 15) is 0 Å². The maximum absolute atomic E-state index is 4.11. The van der Waals surface area contributed by atoms with Gasteiger partial charge < -0.3 is 0 Å². The lowest BCUT2D eigenvalue weighted by Crippen LogP contribution is -1.87. The maximum Gasteiger partial charge on any atom is 0.00750 e. The number of aryl methyl sites for hydroxylation is 2. The first kappa shape index (κ1) is 10.0. The Labute approximate surface area is 83.6 Å². The highest BCUT2D eigenvalue weighted by Gasteiger charge is 1.92. The second-order valence-electron chi connectivity index (χ2n) is 2.75. The molecule has 0 aliphatic carbocycles. The fourth-order valence-corrected chi connectivity index (χ4v) is 1.71. The van der Waals surface area contributed by atoms with Crippen molar-refractivity contribution in [1.82, 2.24) is 0 Å². The first-order valence-corrected chi connectivity index (χ1v) is 6.24. The van der Waals surface area contributed by atoms with Gasteiger partial charge in [-0.05, 0) is 24.0 Å². The van der Waals surface area contributed by atoms with E-state index in [1.165, 1.54) is 11.1 Å². The number of hydrogen-bond donors (Lipinski definition) is 1. The molecule has 0 saturated heterocycles. The number of hydrogen-bond acceptors (Lipinski definition) is 2. The Morgan fingerprint density at radius 1 is 1.17 bits per heavy atom. The van der Waals surface area contributed by atoms with Gasteiger partial charge in [-0.1, -0.05) is 42.0 Å². The first-order chi connectivity index (χ1) is 5.86. The van der Waals surface area contributed by atoms with Gasteiger partial charge in [0, 0.05) is 5.75 Å². The van der Waals surface area contributed by atoms with E-state index in [0.717, 1.165) is 18.6 Å². The molecule has 0 saturated carbocycles. The molecule has 1 rings (SSSR count). The molecule has 1 aromatic rings. The predicted octanol–water partition coefficient (Wildman–Crippen LogP) is 3.37. The van der Waals surface area contributed by atoms with E-state index >= 15 is 0 Å². The van der Waals surface area contributed by atoms with Gasteiger partial charge in [-0.3, -0.25) is 0 Å². The van der Waals surface area contributed by atoms with Crippen LogP contribution in [0.4, 0.5) is 0 Å². The lowest BCUT2D eigenvalue weighted by molar-refractivity contribution is 1.11. The summed E-state index contributed by atoms with van der Waals surface area (Å²) in [6.07, 6.45) is 2.25. The molecule has 0 aliphatic heterocycles. The van der Waals surface area contributed by atoms with Gasteiger partial charge in [-0.15, -0.1) is 11.7 Å². The average Bonchev–Trinajstić information content (AvgIpc) is 2.15. The third-order valence-electron chi connectivity index (χ3n) is 1.91. The van der Waals surface area contributed by atoms with Crippen molar-refractivity contribution in [2.75, 3.05) is 5.75 Å². The monoisotopic (exact) mass is 198 g/mol. The zero-order chi connectivity index (χ0) is 8.81. The normalized spacial score (nSPS) is 10.2. The number of benzene rings is 1. The molecule has 2 heteroatoms. The second kappa shape index (κ2) is 5.55. The Morgan fingerprint density at radius 3 is 2.25 bits per heavy atom. The Morgan fingerprint density at radius 2 is 1.75 bits per heavy atom. The Balaban J connectivity index is 2.53. The van der Waals surface area contributed by atoms with Crippen LogP contribution in [0.25, 0.3) is 0 Å². The van der Waals surface area contributed by atoms with Crippen molar-refractivity contribution in [3.05, 3.63) is 35.4 Å². The predicted molar refractivity (Wildman–Crippen MR) is 61.0 cm³/mol. The molecular formula is C10H14S2. The first-order valence-electron chi connectivity index (χ1n) is 4.21. The third kappa shape index (κ3) is 3.11. The van der Waals surface area contributed by atoms with Crippen molar-refractivity contribution in [2.24, 2.45) is 0 Å². The van der Waals surface area contributed by atoms with Gasteiger partial charge in [0.05, 0.1) is 0 Å². The molecule has 0 fully saturated rings. The summed E-state index contributed by atoms with van der Waals surface area (Å²) in [6.45, 7) is 2.18. The van der Waals surface area contributed by atoms with E-state index in [0.29, 0.717) is 0 Å². The van der Waals surface area contributed by atoms with Crippen LogP contribution in [0, 0.1) is 0 Å². The Hall–Kier alpha value is -0.0800. The minimum Gasteiger partial charge on any atom is -0.111 e. The zero-order valence-electron chi connectivity index (χ0n) is 7.29. The summed E-state index contributed by atoms with van der Waals surface area (Å²) >= 11 is 4.11. The number of rotatable bonds is 4. The van der Waals surface area contributed by atoms with Crippen molar-refractivity contribution in [1.29, 1.82) is 0 Å². The molecule has 0 unspecified atom stereocenters. The molecule has 12 heavy (non-hydrogen) atoms. The molecule has 0 N–H and O–H groups in total. The van der Waals surface area contributed by atoms with E-state index < -0.39 is 0 Å². The summed E-state index contributed by atoms with van der Waals surface area (Å²) in [5, 5.41) is 0. The lowest BCUT2D eigenvalue weighted by Gasteiger charge is -2.00. The lowest BCUT2D eigenvalue weighted by atomic mass is 10.1. The minimum atomic E-state index is 1.09. The van der Waals surface area contributed by atoms with Crippen molar-refractivity contribution in [3.8, 4) is 0 Å².